The van der Waals surface area contributed by atoms with Gasteiger partial charge in [0.2, 0.25) is 0 Å². The average Bonchev–Trinajstić information content (AvgIpc) is 2.73. The number of hydrogen-bond donors (Lipinski definition) is 0. The van der Waals surface area contributed by atoms with Crippen LogP contribution in [0.25, 0.3) is 6.08 Å². The molecule has 0 unspecified atom stereocenters. The number of unbranched alkanes of at least 4 members (excludes halogenated alkanes) is 1. The number of carbonyl (C=O) groups is 2. The Bertz CT molecular complexity index is 549. The van der Waals surface area contributed by atoms with Gasteiger partial charge in [-0.2, -0.15) is 0 Å². The normalized spacial score (nSPS) is 17.6. The standard InChI is InChI=1S/C16H17NO2S/c1-2-3-12-17-15(18)14(20-16(17)19)11-7-10-13-8-5-4-6-9-13/h4-11H,2-3,12H2,1H3. The molecule has 0 aromatic heterocycles. The maximum atomic E-state index is 12.0. The van der Waals surface area contributed by atoms with Gasteiger partial charge in [-0.3, -0.25) is 14.5 Å². The van der Waals surface area contributed by atoms with E-state index in [1.165, 1.54) is 4.90 Å². The molecule has 0 N–H and O–H groups in total. The maximum absolute atomic E-state index is 12.0. The largest absolute Gasteiger partial charge is 0.293 e. The van der Waals surface area contributed by atoms with E-state index in [-0.39, 0.29) is 11.1 Å². The second-order valence-corrected chi connectivity index (χ2v) is 5.47. The highest BCUT2D eigenvalue weighted by molar-refractivity contribution is 8.18. The Balaban J connectivity index is 2.03. The third kappa shape index (κ3) is 3.61. The van der Waals surface area contributed by atoms with E-state index in [4.69, 9.17) is 0 Å². The second-order valence-electron chi connectivity index (χ2n) is 4.48. The lowest BCUT2D eigenvalue weighted by molar-refractivity contribution is -0.122. The zero-order valence-electron chi connectivity index (χ0n) is 11.4. The van der Waals surface area contributed by atoms with Crippen LogP contribution in [0.4, 0.5) is 4.79 Å². The summed E-state index contributed by atoms with van der Waals surface area (Å²) < 4.78 is 0. The van der Waals surface area contributed by atoms with Gasteiger partial charge in [-0.05, 0) is 29.8 Å². The van der Waals surface area contributed by atoms with Crippen molar-refractivity contribution in [1.82, 2.24) is 4.90 Å². The fourth-order valence-electron chi connectivity index (χ4n) is 1.83. The van der Waals surface area contributed by atoms with Crippen molar-refractivity contribution in [1.29, 1.82) is 0 Å². The van der Waals surface area contributed by atoms with E-state index in [2.05, 4.69) is 0 Å². The highest BCUT2D eigenvalue weighted by Crippen LogP contribution is 2.30. The second kappa shape index (κ2) is 7.10. The van der Waals surface area contributed by atoms with Gasteiger partial charge >= 0.3 is 0 Å². The molecule has 0 saturated carbocycles. The van der Waals surface area contributed by atoms with Crippen LogP contribution in [0.2, 0.25) is 0 Å². The van der Waals surface area contributed by atoms with Crippen LogP contribution in [0.5, 0.6) is 0 Å². The quantitative estimate of drug-likeness (QED) is 0.766. The molecule has 1 aliphatic rings. The SMILES string of the molecule is CCCCN1C(=O)SC(=CC=Cc2ccccc2)C1=O. The third-order valence-electron chi connectivity index (χ3n) is 2.94. The molecule has 1 heterocycles. The summed E-state index contributed by atoms with van der Waals surface area (Å²) in [6, 6.07) is 9.83. The van der Waals surface area contributed by atoms with Crippen LogP contribution >= 0.6 is 11.8 Å². The van der Waals surface area contributed by atoms with Crippen LogP contribution in [0.15, 0.2) is 47.4 Å². The molecular formula is C16H17NO2S. The molecule has 1 saturated heterocycles. The van der Waals surface area contributed by atoms with Crippen LogP contribution in [0.3, 0.4) is 0 Å². The average molecular weight is 287 g/mol. The summed E-state index contributed by atoms with van der Waals surface area (Å²) in [5.74, 6) is -0.175. The lowest BCUT2D eigenvalue weighted by Crippen LogP contribution is -2.29. The summed E-state index contributed by atoms with van der Waals surface area (Å²) in [6.07, 6.45) is 7.26. The number of amides is 2. The van der Waals surface area contributed by atoms with Crippen LogP contribution in [0.1, 0.15) is 25.3 Å². The van der Waals surface area contributed by atoms with E-state index in [0.29, 0.717) is 11.4 Å². The van der Waals surface area contributed by atoms with E-state index < -0.39 is 0 Å². The molecule has 0 aliphatic carbocycles. The molecule has 4 heteroatoms. The van der Waals surface area contributed by atoms with E-state index >= 15 is 0 Å². The number of rotatable bonds is 5. The van der Waals surface area contributed by atoms with Crippen molar-refractivity contribution < 1.29 is 9.59 Å². The van der Waals surface area contributed by atoms with Crippen molar-refractivity contribution >= 4 is 29.0 Å². The van der Waals surface area contributed by atoms with E-state index in [9.17, 15) is 9.59 Å². The number of allylic oxidation sites excluding steroid dienone is 2. The minimum atomic E-state index is -0.175. The molecule has 1 aromatic rings. The Morgan fingerprint density at radius 2 is 1.95 bits per heavy atom. The smallest absolute Gasteiger partial charge is 0.268 e. The third-order valence-corrected chi connectivity index (χ3v) is 3.87. The van der Waals surface area contributed by atoms with Crippen molar-refractivity contribution in [2.45, 2.75) is 19.8 Å². The number of hydrogen-bond acceptors (Lipinski definition) is 3. The monoisotopic (exact) mass is 287 g/mol. The van der Waals surface area contributed by atoms with E-state index in [1.54, 1.807) is 6.08 Å². The van der Waals surface area contributed by atoms with Crippen molar-refractivity contribution in [3.63, 3.8) is 0 Å². The fraction of sp³-hybridized carbons (Fsp3) is 0.250. The van der Waals surface area contributed by atoms with Gasteiger partial charge in [0, 0.05) is 6.54 Å². The van der Waals surface area contributed by atoms with Gasteiger partial charge in [0.25, 0.3) is 11.1 Å². The van der Waals surface area contributed by atoms with Crippen molar-refractivity contribution in [3.05, 3.63) is 53.0 Å². The Morgan fingerprint density at radius 3 is 2.65 bits per heavy atom. The highest BCUT2D eigenvalue weighted by Gasteiger charge is 2.33. The minimum absolute atomic E-state index is 0.164. The Kier molecular flexibility index (Phi) is 5.18. The topological polar surface area (TPSA) is 37.4 Å². The van der Waals surface area contributed by atoms with Gasteiger partial charge in [-0.1, -0.05) is 55.8 Å². The van der Waals surface area contributed by atoms with Crippen molar-refractivity contribution in [3.8, 4) is 0 Å². The van der Waals surface area contributed by atoms with Gasteiger partial charge in [-0.15, -0.1) is 0 Å². The Hall–Kier alpha value is -1.81. The van der Waals surface area contributed by atoms with Crippen LogP contribution in [0, 0.1) is 0 Å². The van der Waals surface area contributed by atoms with E-state index in [0.717, 1.165) is 30.2 Å². The highest BCUT2D eigenvalue weighted by atomic mass is 32.2. The molecular weight excluding hydrogens is 270 g/mol. The van der Waals surface area contributed by atoms with Crippen LogP contribution < -0.4 is 0 Å². The predicted octanol–water partition coefficient (Wildman–Crippen LogP) is 4.08. The molecule has 0 spiro atoms. The Morgan fingerprint density at radius 1 is 1.20 bits per heavy atom. The lowest BCUT2D eigenvalue weighted by atomic mass is 10.2. The first-order valence-electron chi connectivity index (χ1n) is 6.69. The number of thioether (sulfide) groups is 1. The molecule has 3 nitrogen and oxygen atoms in total. The number of nitrogens with zero attached hydrogens (tertiary/aromatic N) is 1. The van der Waals surface area contributed by atoms with Gasteiger partial charge in [-0.25, -0.2) is 0 Å². The fourth-order valence-corrected chi connectivity index (χ4v) is 2.65. The number of imide groups is 1. The van der Waals surface area contributed by atoms with E-state index in [1.807, 2.05) is 49.4 Å². The summed E-state index contributed by atoms with van der Waals surface area (Å²) in [6.45, 7) is 2.55. The molecule has 1 aromatic carbocycles. The zero-order valence-corrected chi connectivity index (χ0v) is 12.2. The number of benzene rings is 1. The van der Waals surface area contributed by atoms with Crippen LogP contribution in [-0.4, -0.2) is 22.6 Å². The minimum Gasteiger partial charge on any atom is -0.268 e. The molecule has 0 bridgehead atoms. The summed E-state index contributed by atoms with van der Waals surface area (Å²) in [7, 11) is 0. The summed E-state index contributed by atoms with van der Waals surface area (Å²) in [5, 5.41) is -0.164. The van der Waals surface area contributed by atoms with Gasteiger partial charge in [0.15, 0.2) is 0 Å². The Labute approximate surface area is 123 Å². The van der Waals surface area contributed by atoms with Gasteiger partial charge in [0.1, 0.15) is 0 Å². The molecule has 2 rings (SSSR count). The summed E-state index contributed by atoms with van der Waals surface area (Å²) in [5.41, 5.74) is 1.06. The zero-order chi connectivity index (χ0) is 14.4. The maximum Gasteiger partial charge on any atom is 0.293 e. The molecule has 104 valence electrons. The molecule has 1 aliphatic heterocycles. The van der Waals surface area contributed by atoms with Crippen molar-refractivity contribution in [2.24, 2.45) is 0 Å². The molecule has 20 heavy (non-hydrogen) atoms. The van der Waals surface area contributed by atoms with Crippen molar-refractivity contribution in [2.75, 3.05) is 6.54 Å². The molecule has 0 radical (unpaired) electrons. The van der Waals surface area contributed by atoms with Crippen LogP contribution in [-0.2, 0) is 4.79 Å². The summed E-state index contributed by atoms with van der Waals surface area (Å²) in [4.78, 5) is 25.6. The predicted molar refractivity (Wildman–Crippen MR) is 83.2 cm³/mol. The first-order chi connectivity index (χ1) is 9.72. The van der Waals surface area contributed by atoms with Gasteiger partial charge in [0.05, 0.1) is 4.91 Å². The first-order valence-corrected chi connectivity index (χ1v) is 7.51. The molecule has 0 atom stereocenters. The van der Waals surface area contributed by atoms with Gasteiger partial charge < -0.3 is 0 Å². The molecule has 1 fully saturated rings. The number of carbonyl (C=O) groups excluding carboxylic acids is 2. The summed E-state index contributed by atoms with van der Waals surface area (Å²) >= 11 is 1.01. The lowest BCUT2D eigenvalue weighted by Gasteiger charge is -2.10. The first kappa shape index (κ1) is 14.6. The molecule has 2 amide bonds.